The number of allylic oxidation sites excluding steroid dienone is 1. The van der Waals surface area contributed by atoms with E-state index in [2.05, 4.69) is 28.5 Å². The average Bonchev–Trinajstić information content (AvgIpc) is 3.24. The van der Waals surface area contributed by atoms with Crippen molar-refractivity contribution in [1.29, 1.82) is 0 Å². The Kier molecular flexibility index (Phi) is 4.59. The monoisotopic (exact) mass is 417 g/mol. The average molecular weight is 417 g/mol. The Morgan fingerprint density at radius 1 is 1.23 bits per heavy atom. The van der Waals surface area contributed by atoms with Crippen LogP contribution in [-0.2, 0) is 4.79 Å². The largest absolute Gasteiger partial charge is 0.437 e. The molecule has 3 heterocycles. The van der Waals surface area contributed by atoms with Crippen molar-refractivity contribution < 1.29 is 9.53 Å². The standard InChI is InChI=1S/C23H24N6O2/c1-15-7-8-18(13-19(15)29(3)12-11-16(2)27-29)31-22-10-9-21-24-20(14-28(21)26-22)25-23(30)17-5-4-6-17/h7-14,17H,4-6H2,1-3H3/p+1. The van der Waals surface area contributed by atoms with Crippen LogP contribution >= 0.6 is 0 Å². The zero-order valence-electron chi connectivity index (χ0n) is 17.9. The lowest BCUT2D eigenvalue weighted by Gasteiger charge is -2.23. The number of carbonyl (C=O) groups is 1. The highest BCUT2D eigenvalue weighted by molar-refractivity contribution is 5.95. The van der Waals surface area contributed by atoms with E-state index in [1.54, 1.807) is 16.8 Å². The number of nitrogens with zero attached hydrogens (tertiary/aromatic N) is 5. The second-order valence-electron chi connectivity index (χ2n) is 8.35. The van der Waals surface area contributed by atoms with Gasteiger partial charge in [0.25, 0.3) is 0 Å². The molecule has 1 aliphatic heterocycles. The van der Waals surface area contributed by atoms with Gasteiger partial charge in [-0.2, -0.15) is 0 Å². The Balaban J connectivity index is 1.37. The van der Waals surface area contributed by atoms with E-state index in [9.17, 15) is 4.79 Å². The Morgan fingerprint density at radius 2 is 2.06 bits per heavy atom. The van der Waals surface area contributed by atoms with Gasteiger partial charge < -0.3 is 10.1 Å². The molecule has 1 aliphatic carbocycles. The van der Waals surface area contributed by atoms with E-state index in [-0.39, 0.29) is 11.8 Å². The Hall–Kier alpha value is -3.52. The second kappa shape index (κ2) is 7.31. The van der Waals surface area contributed by atoms with Gasteiger partial charge in [0.15, 0.2) is 17.2 Å². The van der Waals surface area contributed by atoms with E-state index in [0.29, 0.717) is 27.7 Å². The molecule has 158 valence electrons. The fraction of sp³-hybridized carbons (Fsp3) is 0.304. The molecule has 1 aromatic carbocycles. The van der Waals surface area contributed by atoms with Gasteiger partial charge in [0.05, 0.1) is 11.9 Å². The number of hydrogen-bond acceptors (Lipinski definition) is 5. The van der Waals surface area contributed by atoms with Crippen LogP contribution in [0.4, 0.5) is 11.5 Å². The first-order valence-electron chi connectivity index (χ1n) is 10.5. The number of rotatable bonds is 5. The number of amides is 1. The highest BCUT2D eigenvalue weighted by Gasteiger charge is 2.29. The van der Waals surface area contributed by atoms with Crippen molar-refractivity contribution in [2.24, 2.45) is 11.0 Å². The maximum Gasteiger partial charge on any atom is 0.237 e. The first kappa shape index (κ1) is 19.4. The summed E-state index contributed by atoms with van der Waals surface area (Å²) in [6, 6.07) is 9.53. The molecule has 8 nitrogen and oxygen atoms in total. The van der Waals surface area contributed by atoms with Crippen LogP contribution in [-0.4, -0.2) is 33.3 Å². The van der Waals surface area contributed by atoms with Crippen molar-refractivity contribution in [1.82, 2.24) is 19.2 Å². The number of nitrogens with one attached hydrogen (secondary N) is 1. The van der Waals surface area contributed by atoms with Crippen LogP contribution in [0.3, 0.4) is 0 Å². The summed E-state index contributed by atoms with van der Waals surface area (Å²) in [5, 5.41) is 12.1. The molecule has 1 unspecified atom stereocenters. The van der Waals surface area contributed by atoms with Gasteiger partial charge in [-0.25, -0.2) is 9.50 Å². The van der Waals surface area contributed by atoms with Crippen LogP contribution < -0.4 is 14.6 Å². The van der Waals surface area contributed by atoms with Gasteiger partial charge in [0.1, 0.15) is 19.0 Å². The van der Waals surface area contributed by atoms with Crippen LogP contribution in [0.1, 0.15) is 31.7 Å². The number of quaternary nitrogens is 1. The molecular formula is C23H25N6O2+. The van der Waals surface area contributed by atoms with Crippen molar-refractivity contribution in [3.8, 4) is 11.6 Å². The molecular weight excluding hydrogens is 392 g/mol. The minimum Gasteiger partial charge on any atom is -0.437 e. The summed E-state index contributed by atoms with van der Waals surface area (Å²) in [7, 11) is 2.04. The number of benzene rings is 1. The van der Waals surface area contributed by atoms with Crippen molar-refractivity contribution in [3.05, 3.63) is 54.4 Å². The lowest BCUT2D eigenvalue weighted by Crippen LogP contribution is -2.31. The maximum absolute atomic E-state index is 12.2. The summed E-state index contributed by atoms with van der Waals surface area (Å²) >= 11 is 0. The van der Waals surface area contributed by atoms with Crippen molar-refractivity contribution in [2.45, 2.75) is 33.1 Å². The van der Waals surface area contributed by atoms with Gasteiger partial charge in [-0.3, -0.25) is 4.79 Å². The summed E-state index contributed by atoms with van der Waals surface area (Å²) < 4.78 is 8.01. The normalized spacial score (nSPS) is 20.5. The molecule has 1 atom stereocenters. The summed E-state index contributed by atoms with van der Waals surface area (Å²) in [5.41, 5.74) is 3.80. The first-order valence-corrected chi connectivity index (χ1v) is 10.5. The quantitative estimate of drug-likeness (QED) is 0.624. The predicted molar refractivity (Wildman–Crippen MR) is 120 cm³/mol. The number of anilines is 1. The van der Waals surface area contributed by atoms with E-state index in [0.717, 1.165) is 36.2 Å². The van der Waals surface area contributed by atoms with Crippen LogP contribution in [0, 0.1) is 12.8 Å². The lowest BCUT2D eigenvalue weighted by atomic mass is 9.85. The second-order valence-corrected chi connectivity index (χ2v) is 8.35. The lowest BCUT2D eigenvalue weighted by molar-refractivity contribution is -0.122. The van der Waals surface area contributed by atoms with Crippen molar-refractivity contribution in [2.75, 3.05) is 12.4 Å². The number of ether oxygens (including phenoxy) is 1. The zero-order valence-corrected chi connectivity index (χ0v) is 17.9. The van der Waals surface area contributed by atoms with E-state index < -0.39 is 0 Å². The molecule has 1 saturated carbocycles. The van der Waals surface area contributed by atoms with Crippen LogP contribution in [0.5, 0.6) is 11.6 Å². The van der Waals surface area contributed by atoms with Gasteiger partial charge in [0, 0.05) is 29.7 Å². The van der Waals surface area contributed by atoms with Gasteiger partial charge in [-0.05, 0) is 44.9 Å². The number of aromatic nitrogens is 3. The van der Waals surface area contributed by atoms with Crippen LogP contribution in [0.15, 0.2) is 53.9 Å². The number of carbonyl (C=O) groups excluding carboxylic acids is 1. The molecule has 0 bridgehead atoms. The molecule has 1 amide bonds. The molecule has 0 spiro atoms. The molecule has 1 fully saturated rings. The minimum absolute atomic E-state index is 0.0313. The van der Waals surface area contributed by atoms with Gasteiger partial charge in [-0.15, -0.1) is 9.69 Å². The fourth-order valence-corrected chi connectivity index (χ4v) is 3.92. The molecule has 2 aromatic heterocycles. The Morgan fingerprint density at radius 3 is 2.77 bits per heavy atom. The van der Waals surface area contributed by atoms with Gasteiger partial charge in [0.2, 0.25) is 11.8 Å². The third kappa shape index (κ3) is 3.70. The van der Waals surface area contributed by atoms with Crippen LogP contribution in [0.2, 0.25) is 0 Å². The summed E-state index contributed by atoms with van der Waals surface area (Å²) in [6.07, 6.45) is 8.79. The SMILES string of the molecule is CC1=N[N+](C)(c2cc(Oc3ccc4nc(NC(=O)C5CCC5)cn4n3)ccc2C)C=C1. The number of imidazole rings is 1. The van der Waals surface area contributed by atoms with Crippen molar-refractivity contribution >= 4 is 28.8 Å². The molecule has 8 heteroatoms. The number of aryl methyl sites for hydroxylation is 1. The zero-order chi connectivity index (χ0) is 21.6. The smallest absolute Gasteiger partial charge is 0.237 e. The van der Waals surface area contributed by atoms with E-state index in [4.69, 9.17) is 9.84 Å². The summed E-state index contributed by atoms with van der Waals surface area (Å²) in [5.74, 6) is 1.76. The summed E-state index contributed by atoms with van der Waals surface area (Å²) in [6.45, 7) is 4.05. The minimum atomic E-state index is 0.0313. The van der Waals surface area contributed by atoms with Gasteiger partial charge >= 0.3 is 0 Å². The first-order chi connectivity index (χ1) is 14.9. The van der Waals surface area contributed by atoms with E-state index in [1.807, 2.05) is 44.3 Å². The molecule has 2 aliphatic rings. The number of hydrogen-bond donors (Lipinski definition) is 1. The fourth-order valence-electron chi connectivity index (χ4n) is 3.92. The Bertz CT molecular complexity index is 1240. The molecule has 31 heavy (non-hydrogen) atoms. The number of fused-ring (bicyclic) bond motifs is 1. The molecule has 3 aromatic rings. The third-order valence-electron chi connectivity index (χ3n) is 5.89. The van der Waals surface area contributed by atoms with E-state index >= 15 is 0 Å². The Labute approximate surface area is 180 Å². The van der Waals surface area contributed by atoms with E-state index in [1.165, 1.54) is 0 Å². The maximum atomic E-state index is 12.2. The highest BCUT2D eigenvalue weighted by atomic mass is 16.5. The molecule has 0 saturated heterocycles. The predicted octanol–water partition coefficient (Wildman–Crippen LogP) is 4.41. The third-order valence-corrected chi connectivity index (χ3v) is 5.89. The molecule has 1 N–H and O–H groups in total. The van der Waals surface area contributed by atoms with Crippen molar-refractivity contribution in [3.63, 3.8) is 0 Å². The molecule has 0 radical (unpaired) electrons. The van der Waals surface area contributed by atoms with Crippen LogP contribution in [0.25, 0.3) is 5.65 Å². The molecule has 5 rings (SSSR count). The summed E-state index contributed by atoms with van der Waals surface area (Å²) in [4.78, 5) is 16.6. The van der Waals surface area contributed by atoms with Gasteiger partial charge in [-0.1, -0.05) is 11.5 Å². The highest BCUT2D eigenvalue weighted by Crippen LogP contribution is 2.34. The topological polar surface area (TPSA) is 80.9 Å².